The zero-order valence-electron chi connectivity index (χ0n) is 13.4. The average Bonchev–Trinajstić information content (AvgIpc) is 2.63. The SMILES string of the molecule is C[C@@H](NC(=O)C1CCN(c2cnccn2)CC1)c1ccccc1. The first-order chi connectivity index (χ1) is 11.2. The average molecular weight is 310 g/mol. The van der Waals surface area contributed by atoms with Crippen LogP contribution in [0, 0.1) is 5.92 Å². The molecular formula is C18H22N4O. The number of nitrogens with zero attached hydrogens (tertiary/aromatic N) is 3. The third kappa shape index (κ3) is 3.86. The minimum absolute atomic E-state index is 0.0433. The highest BCUT2D eigenvalue weighted by molar-refractivity contribution is 5.79. The molecule has 1 saturated heterocycles. The van der Waals surface area contributed by atoms with Crippen LogP contribution in [0.3, 0.4) is 0 Å². The van der Waals surface area contributed by atoms with Crippen molar-refractivity contribution in [3.63, 3.8) is 0 Å². The standard InChI is InChI=1S/C18H22N4O/c1-14(15-5-3-2-4-6-15)21-18(23)16-7-11-22(12-8-16)17-13-19-9-10-20-17/h2-6,9-10,13-14,16H,7-8,11-12H2,1H3,(H,21,23)/t14-/m1/s1. The zero-order chi connectivity index (χ0) is 16.1. The van der Waals surface area contributed by atoms with Crippen molar-refractivity contribution in [1.29, 1.82) is 0 Å². The third-order valence-electron chi connectivity index (χ3n) is 4.40. The van der Waals surface area contributed by atoms with Crippen LogP contribution in [0.5, 0.6) is 0 Å². The van der Waals surface area contributed by atoms with Crippen LogP contribution in [0.15, 0.2) is 48.9 Å². The van der Waals surface area contributed by atoms with Gasteiger partial charge in [0.15, 0.2) is 0 Å². The highest BCUT2D eigenvalue weighted by Gasteiger charge is 2.26. The molecule has 1 atom stereocenters. The topological polar surface area (TPSA) is 58.1 Å². The Labute approximate surface area is 136 Å². The summed E-state index contributed by atoms with van der Waals surface area (Å²) >= 11 is 0. The lowest BCUT2D eigenvalue weighted by atomic mass is 9.95. The molecule has 5 nitrogen and oxygen atoms in total. The van der Waals surface area contributed by atoms with Gasteiger partial charge in [-0.3, -0.25) is 9.78 Å². The number of carbonyl (C=O) groups is 1. The Bertz CT molecular complexity index is 624. The lowest BCUT2D eigenvalue weighted by Crippen LogP contribution is -2.41. The van der Waals surface area contributed by atoms with Gasteiger partial charge >= 0.3 is 0 Å². The molecule has 1 aromatic heterocycles. The van der Waals surface area contributed by atoms with Crippen LogP contribution in [0.2, 0.25) is 0 Å². The first-order valence-electron chi connectivity index (χ1n) is 8.10. The molecule has 5 heteroatoms. The molecule has 1 aliphatic heterocycles. The second-order valence-electron chi connectivity index (χ2n) is 5.97. The van der Waals surface area contributed by atoms with Gasteiger partial charge in [-0.05, 0) is 25.3 Å². The lowest BCUT2D eigenvalue weighted by Gasteiger charge is -2.32. The van der Waals surface area contributed by atoms with E-state index in [1.807, 2.05) is 37.3 Å². The van der Waals surface area contributed by atoms with Crippen LogP contribution in [0.1, 0.15) is 31.4 Å². The normalized spacial score (nSPS) is 16.8. The van der Waals surface area contributed by atoms with E-state index in [4.69, 9.17) is 0 Å². The molecule has 23 heavy (non-hydrogen) atoms. The number of amides is 1. The van der Waals surface area contributed by atoms with E-state index in [9.17, 15) is 4.79 Å². The van der Waals surface area contributed by atoms with Crippen molar-refractivity contribution in [2.24, 2.45) is 5.92 Å². The van der Waals surface area contributed by atoms with Crippen molar-refractivity contribution in [3.8, 4) is 0 Å². The van der Waals surface area contributed by atoms with E-state index in [1.165, 1.54) is 0 Å². The van der Waals surface area contributed by atoms with Gasteiger partial charge in [0.25, 0.3) is 0 Å². The first-order valence-corrected chi connectivity index (χ1v) is 8.10. The Morgan fingerprint density at radius 1 is 1.22 bits per heavy atom. The van der Waals surface area contributed by atoms with Gasteiger partial charge in [0.05, 0.1) is 12.2 Å². The van der Waals surface area contributed by atoms with Gasteiger partial charge in [-0.15, -0.1) is 0 Å². The van der Waals surface area contributed by atoms with Crippen molar-refractivity contribution < 1.29 is 4.79 Å². The molecule has 0 aliphatic carbocycles. The predicted octanol–water partition coefficient (Wildman–Crippen LogP) is 2.57. The van der Waals surface area contributed by atoms with Crippen molar-refractivity contribution in [2.45, 2.75) is 25.8 Å². The molecule has 1 aromatic carbocycles. The fourth-order valence-corrected chi connectivity index (χ4v) is 2.98. The molecule has 1 N–H and O–H groups in total. The van der Waals surface area contributed by atoms with Crippen LogP contribution in [0.25, 0.3) is 0 Å². The molecule has 1 amide bonds. The van der Waals surface area contributed by atoms with E-state index in [0.717, 1.165) is 37.3 Å². The molecule has 1 aliphatic rings. The molecule has 0 spiro atoms. The quantitative estimate of drug-likeness (QED) is 0.943. The van der Waals surface area contributed by atoms with E-state index in [-0.39, 0.29) is 17.9 Å². The van der Waals surface area contributed by atoms with Crippen LogP contribution in [-0.4, -0.2) is 29.0 Å². The predicted molar refractivity (Wildman–Crippen MR) is 90.0 cm³/mol. The van der Waals surface area contributed by atoms with Gasteiger partial charge in [0.2, 0.25) is 5.91 Å². The van der Waals surface area contributed by atoms with Gasteiger partial charge in [-0.1, -0.05) is 30.3 Å². The smallest absolute Gasteiger partial charge is 0.223 e. The van der Waals surface area contributed by atoms with Crippen molar-refractivity contribution in [3.05, 3.63) is 54.5 Å². The number of rotatable bonds is 4. The minimum Gasteiger partial charge on any atom is -0.355 e. The second kappa shape index (κ2) is 7.22. The summed E-state index contributed by atoms with van der Waals surface area (Å²) < 4.78 is 0. The number of hydrogen-bond donors (Lipinski definition) is 1. The summed E-state index contributed by atoms with van der Waals surface area (Å²) in [5.41, 5.74) is 1.14. The van der Waals surface area contributed by atoms with E-state index in [1.54, 1.807) is 18.6 Å². The van der Waals surface area contributed by atoms with E-state index in [0.29, 0.717) is 0 Å². The largest absolute Gasteiger partial charge is 0.355 e. The van der Waals surface area contributed by atoms with Crippen LogP contribution in [-0.2, 0) is 4.79 Å². The summed E-state index contributed by atoms with van der Waals surface area (Å²) in [6.45, 7) is 3.72. The Hall–Kier alpha value is -2.43. The van der Waals surface area contributed by atoms with Crippen molar-refractivity contribution in [1.82, 2.24) is 15.3 Å². The van der Waals surface area contributed by atoms with Gasteiger partial charge in [0.1, 0.15) is 5.82 Å². The fourth-order valence-electron chi connectivity index (χ4n) is 2.98. The summed E-state index contributed by atoms with van der Waals surface area (Å²) in [7, 11) is 0. The van der Waals surface area contributed by atoms with Crippen molar-refractivity contribution in [2.75, 3.05) is 18.0 Å². The highest BCUT2D eigenvalue weighted by atomic mass is 16.1. The molecule has 0 unspecified atom stereocenters. The molecule has 3 rings (SSSR count). The Morgan fingerprint density at radius 3 is 2.61 bits per heavy atom. The monoisotopic (exact) mass is 310 g/mol. The lowest BCUT2D eigenvalue weighted by molar-refractivity contribution is -0.126. The highest BCUT2D eigenvalue weighted by Crippen LogP contribution is 2.22. The Balaban J connectivity index is 1.52. The number of piperidine rings is 1. The van der Waals surface area contributed by atoms with Crippen LogP contribution >= 0.6 is 0 Å². The number of hydrogen-bond acceptors (Lipinski definition) is 4. The number of nitrogens with one attached hydrogen (secondary N) is 1. The van der Waals surface area contributed by atoms with Gasteiger partial charge < -0.3 is 10.2 Å². The van der Waals surface area contributed by atoms with Crippen LogP contribution < -0.4 is 10.2 Å². The minimum atomic E-state index is 0.0433. The molecule has 0 saturated carbocycles. The number of anilines is 1. The summed E-state index contributed by atoms with van der Waals surface area (Å²) in [5.74, 6) is 1.12. The molecule has 1 fully saturated rings. The first kappa shape index (κ1) is 15.5. The van der Waals surface area contributed by atoms with E-state index < -0.39 is 0 Å². The summed E-state index contributed by atoms with van der Waals surface area (Å²) in [6, 6.07) is 10.1. The number of benzene rings is 1. The maximum absolute atomic E-state index is 12.5. The second-order valence-corrected chi connectivity index (χ2v) is 5.97. The summed E-state index contributed by atoms with van der Waals surface area (Å²) in [4.78, 5) is 23.1. The molecule has 0 bridgehead atoms. The van der Waals surface area contributed by atoms with Gasteiger partial charge in [-0.25, -0.2) is 4.98 Å². The van der Waals surface area contributed by atoms with Gasteiger partial charge in [0, 0.05) is 31.4 Å². The van der Waals surface area contributed by atoms with E-state index >= 15 is 0 Å². The third-order valence-corrected chi connectivity index (χ3v) is 4.40. The molecular weight excluding hydrogens is 288 g/mol. The van der Waals surface area contributed by atoms with E-state index in [2.05, 4.69) is 20.2 Å². The van der Waals surface area contributed by atoms with Gasteiger partial charge in [-0.2, -0.15) is 0 Å². The van der Waals surface area contributed by atoms with Crippen LogP contribution in [0.4, 0.5) is 5.82 Å². The molecule has 120 valence electrons. The summed E-state index contributed by atoms with van der Waals surface area (Å²) in [5, 5.41) is 3.14. The maximum atomic E-state index is 12.5. The zero-order valence-corrected chi connectivity index (χ0v) is 13.4. The molecule has 0 radical (unpaired) electrons. The summed E-state index contributed by atoms with van der Waals surface area (Å²) in [6.07, 6.45) is 6.86. The number of aromatic nitrogens is 2. The molecule has 2 heterocycles. The Morgan fingerprint density at radius 2 is 1.96 bits per heavy atom. The fraction of sp³-hybridized carbons (Fsp3) is 0.389. The maximum Gasteiger partial charge on any atom is 0.223 e. The Kier molecular flexibility index (Phi) is 4.86. The number of carbonyl (C=O) groups excluding carboxylic acids is 1. The van der Waals surface area contributed by atoms with Crippen molar-refractivity contribution >= 4 is 11.7 Å². The molecule has 2 aromatic rings.